The zero-order chi connectivity index (χ0) is 14.5. The number of aryl methyl sites for hydroxylation is 1. The molecule has 2 aliphatic heterocycles. The zero-order valence-corrected chi connectivity index (χ0v) is 12.8. The Morgan fingerprint density at radius 2 is 2.20 bits per heavy atom. The van der Waals surface area contributed by atoms with Gasteiger partial charge in [0.2, 0.25) is 10.0 Å². The molecule has 0 amide bonds. The van der Waals surface area contributed by atoms with E-state index in [-0.39, 0.29) is 23.1 Å². The monoisotopic (exact) mass is 300 g/mol. The van der Waals surface area contributed by atoms with Crippen molar-refractivity contribution >= 4 is 10.0 Å². The molecular weight excluding hydrogens is 280 g/mol. The molecule has 0 N–H and O–H groups in total. The van der Waals surface area contributed by atoms with Crippen molar-refractivity contribution in [1.29, 1.82) is 0 Å². The van der Waals surface area contributed by atoms with Crippen LogP contribution in [0.5, 0.6) is 0 Å². The fourth-order valence-corrected chi connectivity index (χ4v) is 5.10. The standard InChI is InChI=1S/C13H20N2O4S/c1-9-4-10(14-19-9)7-20(16,17)15-8-13(2,3)11-5-18-6-12(11)15/h4,11-12H,5-8H2,1-3H3/t11-,12+/m1/s1. The number of fused-ring (bicyclic) bond motifs is 1. The molecule has 2 atom stereocenters. The minimum absolute atomic E-state index is 0.0389. The van der Waals surface area contributed by atoms with Crippen LogP contribution in [0.2, 0.25) is 0 Å². The Hall–Kier alpha value is -0.920. The first-order valence-corrected chi connectivity index (χ1v) is 8.40. The van der Waals surface area contributed by atoms with Crippen LogP contribution in [0.15, 0.2) is 10.6 Å². The van der Waals surface area contributed by atoms with E-state index in [9.17, 15) is 8.42 Å². The van der Waals surface area contributed by atoms with Crippen LogP contribution in [0.1, 0.15) is 25.3 Å². The molecule has 0 aromatic carbocycles. The van der Waals surface area contributed by atoms with Gasteiger partial charge in [-0.2, -0.15) is 4.31 Å². The third-order valence-corrected chi connectivity index (χ3v) is 6.13. The molecule has 3 rings (SSSR count). The fraction of sp³-hybridized carbons (Fsp3) is 0.769. The van der Waals surface area contributed by atoms with Gasteiger partial charge in [-0.15, -0.1) is 0 Å². The number of sulfonamides is 1. The van der Waals surface area contributed by atoms with Gasteiger partial charge in [-0.3, -0.25) is 0 Å². The van der Waals surface area contributed by atoms with E-state index in [1.54, 1.807) is 17.3 Å². The van der Waals surface area contributed by atoms with E-state index in [4.69, 9.17) is 9.26 Å². The molecule has 0 aliphatic carbocycles. The summed E-state index contributed by atoms with van der Waals surface area (Å²) in [6, 6.07) is 1.63. The van der Waals surface area contributed by atoms with E-state index in [1.807, 2.05) is 0 Å². The highest BCUT2D eigenvalue weighted by molar-refractivity contribution is 7.88. The van der Waals surface area contributed by atoms with Gasteiger partial charge in [0.1, 0.15) is 17.2 Å². The second-order valence-electron chi connectivity index (χ2n) is 6.43. The van der Waals surface area contributed by atoms with Gasteiger partial charge >= 0.3 is 0 Å². The summed E-state index contributed by atoms with van der Waals surface area (Å²) in [5.74, 6) is 0.791. The van der Waals surface area contributed by atoms with Crippen molar-refractivity contribution in [3.63, 3.8) is 0 Å². The van der Waals surface area contributed by atoms with Crippen molar-refractivity contribution in [2.75, 3.05) is 19.8 Å². The number of rotatable bonds is 3. The number of nitrogens with zero attached hydrogens (tertiary/aromatic N) is 2. The smallest absolute Gasteiger partial charge is 0.220 e. The minimum atomic E-state index is -3.39. The van der Waals surface area contributed by atoms with E-state index in [1.165, 1.54) is 0 Å². The van der Waals surface area contributed by atoms with E-state index in [0.717, 1.165) is 0 Å². The van der Waals surface area contributed by atoms with Gasteiger partial charge in [0.25, 0.3) is 0 Å². The van der Waals surface area contributed by atoms with Crippen molar-refractivity contribution in [1.82, 2.24) is 9.46 Å². The Balaban J connectivity index is 1.84. The van der Waals surface area contributed by atoms with Crippen molar-refractivity contribution < 1.29 is 17.7 Å². The third-order valence-electron chi connectivity index (χ3n) is 4.35. The molecule has 6 nitrogen and oxygen atoms in total. The summed E-state index contributed by atoms with van der Waals surface area (Å²) in [5.41, 5.74) is 0.413. The average Bonchev–Trinajstić information content (AvgIpc) is 2.98. The Labute approximate surface area is 119 Å². The first-order valence-electron chi connectivity index (χ1n) is 6.79. The van der Waals surface area contributed by atoms with Crippen LogP contribution in [0.3, 0.4) is 0 Å². The second kappa shape index (κ2) is 4.54. The molecule has 20 heavy (non-hydrogen) atoms. The van der Waals surface area contributed by atoms with Crippen LogP contribution >= 0.6 is 0 Å². The Morgan fingerprint density at radius 3 is 2.85 bits per heavy atom. The summed E-state index contributed by atoms with van der Waals surface area (Å²) in [6.45, 7) is 7.65. The average molecular weight is 300 g/mol. The predicted molar refractivity (Wildman–Crippen MR) is 72.4 cm³/mol. The molecule has 0 bridgehead atoms. The Bertz CT molecular complexity index is 608. The minimum Gasteiger partial charge on any atom is -0.379 e. The molecule has 7 heteroatoms. The van der Waals surface area contributed by atoms with E-state index in [0.29, 0.717) is 31.2 Å². The second-order valence-corrected chi connectivity index (χ2v) is 8.35. The molecule has 3 heterocycles. The van der Waals surface area contributed by atoms with E-state index < -0.39 is 10.0 Å². The van der Waals surface area contributed by atoms with Crippen LogP contribution in [0.25, 0.3) is 0 Å². The van der Waals surface area contributed by atoms with Crippen LogP contribution < -0.4 is 0 Å². The first-order chi connectivity index (χ1) is 9.29. The maximum Gasteiger partial charge on any atom is 0.220 e. The highest BCUT2D eigenvalue weighted by Gasteiger charge is 2.53. The molecule has 1 aromatic heterocycles. The maximum atomic E-state index is 12.6. The van der Waals surface area contributed by atoms with Gasteiger partial charge in [-0.25, -0.2) is 8.42 Å². The molecule has 2 saturated heterocycles. The highest BCUT2D eigenvalue weighted by Crippen LogP contribution is 2.44. The van der Waals surface area contributed by atoms with E-state index in [2.05, 4.69) is 19.0 Å². The number of aromatic nitrogens is 1. The molecule has 0 spiro atoms. The highest BCUT2D eigenvalue weighted by atomic mass is 32.2. The molecule has 0 unspecified atom stereocenters. The predicted octanol–water partition coefficient (Wildman–Crippen LogP) is 1.17. The van der Waals surface area contributed by atoms with Crippen LogP contribution in [0, 0.1) is 18.3 Å². The first kappa shape index (κ1) is 14.0. The summed E-state index contributed by atoms with van der Waals surface area (Å²) < 4.78 is 37.3. The van der Waals surface area contributed by atoms with Gasteiger partial charge < -0.3 is 9.26 Å². The molecule has 0 radical (unpaired) electrons. The quantitative estimate of drug-likeness (QED) is 0.838. The SMILES string of the molecule is Cc1cc(CS(=O)(=O)N2CC(C)(C)[C@@H]3COC[C@@H]32)no1. The van der Waals surface area contributed by atoms with E-state index >= 15 is 0 Å². The molecule has 1 aromatic rings. The van der Waals surface area contributed by atoms with Gasteiger partial charge in [-0.05, 0) is 12.3 Å². The normalized spacial score (nSPS) is 29.8. The molecule has 2 fully saturated rings. The number of hydrogen-bond acceptors (Lipinski definition) is 5. The Morgan fingerprint density at radius 1 is 1.45 bits per heavy atom. The number of ether oxygens (including phenoxy) is 1. The molecular formula is C13H20N2O4S. The van der Waals surface area contributed by atoms with Crippen molar-refractivity contribution in [2.24, 2.45) is 11.3 Å². The molecule has 2 aliphatic rings. The lowest BCUT2D eigenvalue weighted by Crippen LogP contribution is -2.38. The fourth-order valence-electron chi connectivity index (χ4n) is 3.27. The summed E-state index contributed by atoms with van der Waals surface area (Å²) in [4.78, 5) is 0. The topological polar surface area (TPSA) is 72.6 Å². The largest absolute Gasteiger partial charge is 0.379 e. The third kappa shape index (κ3) is 2.27. The van der Waals surface area contributed by atoms with Crippen molar-refractivity contribution in [2.45, 2.75) is 32.6 Å². The van der Waals surface area contributed by atoms with Gasteiger partial charge in [0.15, 0.2) is 0 Å². The van der Waals surface area contributed by atoms with Crippen molar-refractivity contribution in [3.05, 3.63) is 17.5 Å². The summed E-state index contributed by atoms with van der Waals surface area (Å²) in [6.07, 6.45) is 0. The lowest BCUT2D eigenvalue weighted by molar-refractivity contribution is 0.137. The van der Waals surface area contributed by atoms with Crippen LogP contribution in [-0.2, 0) is 20.5 Å². The Kier molecular flexibility index (Phi) is 3.19. The molecule has 0 saturated carbocycles. The van der Waals surface area contributed by atoms with Gasteiger partial charge in [0.05, 0.1) is 19.3 Å². The van der Waals surface area contributed by atoms with Crippen LogP contribution in [0.4, 0.5) is 0 Å². The van der Waals surface area contributed by atoms with Gasteiger partial charge in [0, 0.05) is 18.5 Å². The lowest BCUT2D eigenvalue weighted by Gasteiger charge is -2.23. The summed E-state index contributed by atoms with van der Waals surface area (Å²) >= 11 is 0. The maximum absolute atomic E-state index is 12.6. The lowest BCUT2D eigenvalue weighted by atomic mass is 9.80. The number of hydrogen-bond donors (Lipinski definition) is 0. The van der Waals surface area contributed by atoms with Crippen LogP contribution in [-0.4, -0.2) is 43.7 Å². The zero-order valence-electron chi connectivity index (χ0n) is 12.0. The van der Waals surface area contributed by atoms with Crippen molar-refractivity contribution in [3.8, 4) is 0 Å². The van der Waals surface area contributed by atoms with Gasteiger partial charge in [-0.1, -0.05) is 19.0 Å². The summed E-state index contributed by atoms with van der Waals surface area (Å²) in [5, 5.41) is 3.78. The molecule has 112 valence electrons. The summed E-state index contributed by atoms with van der Waals surface area (Å²) in [7, 11) is -3.39.